The van der Waals surface area contributed by atoms with Gasteiger partial charge >= 0.3 is 5.97 Å². The number of benzene rings is 2. The van der Waals surface area contributed by atoms with Gasteiger partial charge in [-0.2, -0.15) is 0 Å². The normalized spacial score (nSPS) is 11.0. The average molecular weight is 578 g/mol. The van der Waals surface area contributed by atoms with Crippen LogP contribution in [0.2, 0.25) is 0 Å². The minimum Gasteiger partial charge on any atom is -0.495 e. The summed E-state index contributed by atoms with van der Waals surface area (Å²) < 4.78 is 18.5. The van der Waals surface area contributed by atoms with E-state index in [0.29, 0.717) is 5.75 Å². The highest BCUT2D eigenvalue weighted by molar-refractivity contribution is 14.1. The zero-order chi connectivity index (χ0) is 19.3. The minimum absolute atomic E-state index is 0.152. The number of methoxy groups -OCH3 is 1. The first kappa shape index (κ1) is 21.0. The number of esters is 1. The first-order chi connectivity index (χ1) is 12.3. The maximum atomic E-state index is 12.2. The predicted molar refractivity (Wildman–Crippen MR) is 120 cm³/mol. The molecule has 0 atom stereocenters. The zero-order valence-corrected chi connectivity index (χ0v) is 19.2. The van der Waals surface area contributed by atoms with Crippen molar-refractivity contribution in [1.29, 1.82) is 0 Å². The highest BCUT2D eigenvalue weighted by Gasteiger charge is 2.27. The molecule has 0 fully saturated rings. The van der Waals surface area contributed by atoms with Crippen LogP contribution in [0.4, 0.5) is 0 Å². The molecular formula is C20H20I2O4. The first-order valence-corrected chi connectivity index (χ1v) is 10.0. The van der Waals surface area contributed by atoms with Crippen LogP contribution in [0.5, 0.6) is 11.5 Å². The molecule has 0 spiro atoms. The van der Waals surface area contributed by atoms with Gasteiger partial charge in [-0.3, -0.25) is 0 Å². The number of hydrogen-bond donors (Lipinski definition) is 0. The third kappa shape index (κ3) is 5.35. The fourth-order valence-electron chi connectivity index (χ4n) is 2.32. The summed E-state index contributed by atoms with van der Waals surface area (Å²) in [4.78, 5) is 12.2. The molecule has 0 unspecified atom stereocenters. The van der Waals surface area contributed by atoms with Gasteiger partial charge in [0, 0.05) is 0 Å². The summed E-state index contributed by atoms with van der Waals surface area (Å²) in [6, 6.07) is 11.3. The quantitative estimate of drug-likeness (QED) is 0.326. The van der Waals surface area contributed by atoms with Gasteiger partial charge in [0.15, 0.2) is 6.61 Å². The number of rotatable bonds is 7. The Balaban J connectivity index is 2.03. The van der Waals surface area contributed by atoms with Crippen molar-refractivity contribution in [3.05, 3.63) is 61.2 Å². The number of halogens is 2. The van der Waals surface area contributed by atoms with Gasteiger partial charge < -0.3 is 14.2 Å². The van der Waals surface area contributed by atoms with E-state index in [-0.39, 0.29) is 6.61 Å². The summed E-state index contributed by atoms with van der Waals surface area (Å²) >= 11 is 4.43. The second kappa shape index (κ2) is 9.07. The van der Waals surface area contributed by atoms with Crippen LogP contribution in [-0.4, -0.2) is 19.7 Å². The van der Waals surface area contributed by atoms with E-state index in [2.05, 4.69) is 51.8 Å². The Labute approximate surface area is 181 Å². The minimum atomic E-state index is -0.779. The van der Waals surface area contributed by atoms with Crippen LogP contribution in [-0.2, 0) is 15.1 Å². The standard InChI is InChI=1S/C20H20I2O4/c1-5-13-6-8-15(9-7-13)25-12-18(23)26-20(2,3)14-10-16(21)19(24-4)17(22)11-14/h5-11H,1,12H2,2-4H3. The Morgan fingerprint density at radius 3 is 2.23 bits per heavy atom. The van der Waals surface area contributed by atoms with E-state index in [1.807, 2.05) is 38.1 Å². The van der Waals surface area contributed by atoms with E-state index in [4.69, 9.17) is 14.2 Å². The van der Waals surface area contributed by atoms with E-state index in [9.17, 15) is 4.79 Å². The Bertz CT molecular complexity index is 775. The van der Waals surface area contributed by atoms with E-state index < -0.39 is 11.6 Å². The van der Waals surface area contributed by atoms with Crippen LogP contribution in [0.3, 0.4) is 0 Å². The molecule has 0 bridgehead atoms. The third-order valence-corrected chi connectivity index (χ3v) is 5.34. The summed E-state index contributed by atoms with van der Waals surface area (Å²) in [7, 11) is 1.64. The molecule has 138 valence electrons. The molecule has 6 heteroatoms. The highest BCUT2D eigenvalue weighted by Crippen LogP contribution is 2.34. The van der Waals surface area contributed by atoms with Crippen molar-refractivity contribution in [2.75, 3.05) is 13.7 Å². The van der Waals surface area contributed by atoms with Gasteiger partial charge in [-0.05, 0) is 94.4 Å². The van der Waals surface area contributed by atoms with Crippen molar-refractivity contribution in [3.63, 3.8) is 0 Å². The molecular weight excluding hydrogens is 558 g/mol. The van der Waals surface area contributed by atoms with Crippen molar-refractivity contribution in [3.8, 4) is 11.5 Å². The lowest BCUT2D eigenvalue weighted by Gasteiger charge is -2.26. The maximum Gasteiger partial charge on any atom is 0.345 e. The Kier molecular flexibility index (Phi) is 7.33. The van der Waals surface area contributed by atoms with Crippen LogP contribution in [0, 0.1) is 7.14 Å². The van der Waals surface area contributed by atoms with Crippen molar-refractivity contribution in [1.82, 2.24) is 0 Å². The fraction of sp³-hybridized carbons (Fsp3) is 0.250. The van der Waals surface area contributed by atoms with E-state index in [1.54, 1.807) is 25.3 Å². The SMILES string of the molecule is C=Cc1ccc(OCC(=O)OC(C)(C)c2cc(I)c(OC)c(I)c2)cc1. The van der Waals surface area contributed by atoms with Crippen LogP contribution < -0.4 is 9.47 Å². The van der Waals surface area contributed by atoms with Crippen molar-refractivity contribution in [2.24, 2.45) is 0 Å². The molecule has 0 aliphatic heterocycles. The van der Waals surface area contributed by atoms with Crippen molar-refractivity contribution < 1.29 is 19.0 Å². The van der Waals surface area contributed by atoms with Crippen molar-refractivity contribution >= 4 is 57.2 Å². The van der Waals surface area contributed by atoms with Crippen LogP contribution in [0.1, 0.15) is 25.0 Å². The predicted octanol–water partition coefficient (Wildman–Crippen LogP) is 5.40. The van der Waals surface area contributed by atoms with Gasteiger partial charge in [-0.25, -0.2) is 4.79 Å². The number of carbonyl (C=O) groups is 1. The lowest BCUT2D eigenvalue weighted by molar-refractivity contribution is -0.159. The largest absolute Gasteiger partial charge is 0.495 e. The zero-order valence-electron chi connectivity index (χ0n) is 14.8. The molecule has 0 saturated heterocycles. The second-order valence-electron chi connectivity index (χ2n) is 6.02. The molecule has 0 amide bonds. The van der Waals surface area contributed by atoms with Gasteiger partial charge in [0.05, 0.1) is 14.3 Å². The van der Waals surface area contributed by atoms with Gasteiger partial charge in [0.25, 0.3) is 0 Å². The van der Waals surface area contributed by atoms with Crippen molar-refractivity contribution in [2.45, 2.75) is 19.4 Å². The van der Waals surface area contributed by atoms with E-state index in [0.717, 1.165) is 24.0 Å². The molecule has 0 aliphatic rings. The molecule has 4 nitrogen and oxygen atoms in total. The molecule has 0 radical (unpaired) electrons. The van der Waals surface area contributed by atoms with Crippen LogP contribution >= 0.6 is 45.2 Å². The Hall–Kier alpha value is -1.29. The Morgan fingerprint density at radius 2 is 1.73 bits per heavy atom. The highest BCUT2D eigenvalue weighted by atomic mass is 127. The van der Waals surface area contributed by atoms with Gasteiger partial charge in [0.2, 0.25) is 0 Å². The summed E-state index contributed by atoms with van der Waals surface area (Å²) in [6.45, 7) is 7.27. The number of carbonyl (C=O) groups excluding carboxylic acids is 1. The maximum absolute atomic E-state index is 12.2. The van der Waals surface area contributed by atoms with Gasteiger partial charge in [-0.1, -0.05) is 24.8 Å². The number of ether oxygens (including phenoxy) is 3. The Morgan fingerprint density at radius 1 is 1.15 bits per heavy atom. The van der Waals surface area contributed by atoms with Gasteiger partial charge in [-0.15, -0.1) is 0 Å². The molecule has 0 heterocycles. The fourth-order valence-corrected chi connectivity index (χ4v) is 4.53. The molecule has 0 aromatic heterocycles. The summed E-state index contributed by atoms with van der Waals surface area (Å²) in [5.74, 6) is 1.01. The van der Waals surface area contributed by atoms with E-state index in [1.165, 1.54) is 0 Å². The second-order valence-corrected chi connectivity index (χ2v) is 8.34. The molecule has 0 saturated carbocycles. The van der Waals surface area contributed by atoms with Gasteiger partial charge in [0.1, 0.15) is 17.1 Å². The lowest BCUT2D eigenvalue weighted by Crippen LogP contribution is -2.29. The summed E-state index contributed by atoms with van der Waals surface area (Å²) in [6.07, 6.45) is 1.75. The molecule has 2 aromatic rings. The molecule has 26 heavy (non-hydrogen) atoms. The summed E-state index contributed by atoms with van der Waals surface area (Å²) in [5, 5.41) is 0. The molecule has 0 aliphatic carbocycles. The first-order valence-electron chi connectivity index (χ1n) is 7.87. The van der Waals surface area contributed by atoms with E-state index >= 15 is 0 Å². The lowest BCUT2D eigenvalue weighted by atomic mass is 9.98. The molecule has 2 rings (SSSR count). The van der Waals surface area contributed by atoms with Crippen LogP contribution in [0.25, 0.3) is 6.08 Å². The summed E-state index contributed by atoms with van der Waals surface area (Å²) in [5.41, 5.74) is 1.11. The molecule has 0 N–H and O–H groups in total. The third-order valence-electron chi connectivity index (χ3n) is 3.74. The topological polar surface area (TPSA) is 44.8 Å². The number of hydrogen-bond acceptors (Lipinski definition) is 4. The van der Waals surface area contributed by atoms with Crippen LogP contribution in [0.15, 0.2) is 43.0 Å². The monoisotopic (exact) mass is 578 g/mol. The average Bonchev–Trinajstić information content (AvgIpc) is 2.59. The smallest absolute Gasteiger partial charge is 0.345 e. The molecule has 2 aromatic carbocycles.